The van der Waals surface area contributed by atoms with Crippen LogP contribution in [0.3, 0.4) is 0 Å². The van der Waals surface area contributed by atoms with E-state index in [4.69, 9.17) is 4.74 Å². The fourth-order valence-corrected chi connectivity index (χ4v) is 1.40. The van der Waals surface area contributed by atoms with Gasteiger partial charge < -0.3 is 14.3 Å². The number of hydrogen-bond acceptors (Lipinski definition) is 4. The van der Waals surface area contributed by atoms with E-state index >= 15 is 0 Å². The molecule has 2 atom stereocenters. The maximum Gasteiger partial charge on any atom is 0.305 e. The van der Waals surface area contributed by atoms with Crippen molar-refractivity contribution in [3.8, 4) is 0 Å². The smallest absolute Gasteiger partial charge is 0.305 e. The minimum absolute atomic E-state index is 0.144. The van der Waals surface area contributed by atoms with Crippen LogP contribution in [0.4, 0.5) is 0 Å². The predicted octanol–water partition coefficient (Wildman–Crippen LogP) is 1.08. The van der Waals surface area contributed by atoms with Gasteiger partial charge in [0, 0.05) is 6.42 Å². The quantitative estimate of drug-likeness (QED) is 0.267. The van der Waals surface area contributed by atoms with Crippen molar-refractivity contribution in [1.29, 1.82) is 0 Å². The molecule has 0 aromatic heterocycles. The molecule has 2 unspecified atom stereocenters. The summed E-state index contributed by atoms with van der Waals surface area (Å²) < 4.78 is 9.57. The number of methoxy groups -OCH3 is 1. The highest BCUT2D eigenvalue weighted by Crippen LogP contribution is 2.25. The Hall–Kier alpha value is -0.900. The van der Waals surface area contributed by atoms with Crippen LogP contribution >= 0.6 is 0 Å². The Labute approximate surface area is 83.6 Å². The van der Waals surface area contributed by atoms with Crippen molar-refractivity contribution >= 4 is 12.3 Å². The van der Waals surface area contributed by atoms with Crippen molar-refractivity contribution in [2.24, 2.45) is 0 Å². The van der Waals surface area contributed by atoms with Crippen molar-refractivity contribution in [2.75, 3.05) is 7.11 Å². The molecule has 0 spiro atoms. The van der Waals surface area contributed by atoms with E-state index < -0.39 is 0 Å². The van der Waals surface area contributed by atoms with Crippen molar-refractivity contribution in [2.45, 2.75) is 44.3 Å². The lowest BCUT2D eigenvalue weighted by molar-refractivity contribution is -0.140. The first-order chi connectivity index (χ1) is 6.77. The third kappa shape index (κ3) is 3.87. The predicted molar refractivity (Wildman–Crippen MR) is 49.8 cm³/mol. The lowest BCUT2D eigenvalue weighted by atomic mass is 10.1. The first-order valence-corrected chi connectivity index (χ1v) is 4.95. The van der Waals surface area contributed by atoms with Gasteiger partial charge in [-0.3, -0.25) is 4.79 Å². The molecule has 0 aliphatic carbocycles. The van der Waals surface area contributed by atoms with Crippen LogP contribution in [0.25, 0.3) is 0 Å². The third-order valence-electron chi connectivity index (χ3n) is 2.35. The monoisotopic (exact) mass is 200 g/mol. The lowest BCUT2D eigenvalue weighted by Gasteiger charge is -1.98. The Morgan fingerprint density at radius 1 is 1.43 bits per heavy atom. The molecule has 80 valence electrons. The highest BCUT2D eigenvalue weighted by atomic mass is 16.6. The van der Waals surface area contributed by atoms with Crippen LogP contribution in [0.15, 0.2) is 0 Å². The van der Waals surface area contributed by atoms with Gasteiger partial charge in [0.2, 0.25) is 0 Å². The molecule has 4 heteroatoms. The second-order valence-corrected chi connectivity index (χ2v) is 3.45. The van der Waals surface area contributed by atoms with Gasteiger partial charge in [0.05, 0.1) is 13.2 Å². The maximum atomic E-state index is 10.7. The Balaban J connectivity index is 1.86. The summed E-state index contributed by atoms with van der Waals surface area (Å²) in [6.07, 6.45) is 5.08. The molecular formula is C10H16O4. The van der Waals surface area contributed by atoms with E-state index in [2.05, 4.69) is 4.74 Å². The number of rotatable bonds is 7. The molecule has 0 aromatic rings. The first-order valence-electron chi connectivity index (χ1n) is 4.95. The van der Waals surface area contributed by atoms with E-state index in [9.17, 15) is 9.59 Å². The van der Waals surface area contributed by atoms with Crippen molar-refractivity contribution in [3.05, 3.63) is 0 Å². The Bertz CT molecular complexity index is 202. The molecular weight excluding hydrogens is 184 g/mol. The van der Waals surface area contributed by atoms with Crippen LogP contribution in [-0.2, 0) is 19.1 Å². The van der Waals surface area contributed by atoms with E-state index in [0.29, 0.717) is 6.42 Å². The summed E-state index contributed by atoms with van der Waals surface area (Å²) in [5, 5.41) is 0. The maximum absolute atomic E-state index is 10.7. The van der Waals surface area contributed by atoms with E-state index in [1.165, 1.54) is 7.11 Å². The fraction of sp³-hybridized carbons (Fsp3) is 0.800. The van der Waals surface area contributed by atoms with Gasteiger partial charge in [-0.15, -0.1) is 0 Å². The summed E-state index contributed by atoms with van der Waals surface area (Å²) in [6, 6.07) is 0. The highest BCUT2D eigenvalue weighted by Gasteiger charge is 2.37. The Morgan fingerprint density at radius 2 is 2.21 bits per heavy atom. The average molecular weight is 200 g/mol. The number of unbranched alkanes of at least 4 members (excludes halogenated alkanes) is 2. The lowest BCUT2D eigenvalue weighted by Crippen LogP contribution is -1.99. The molecule has 1 fully saturated rings. The van der Waals surface area contributed by atoms with Crippen LogP contribution in [0.1, 0.15) is 32.1 Å². The summed E-state index contributed by atoms with van der Waals surface area (Å²) >= 11 is 0. The standard InChI is InChI=1S/C10H16O4/c1-13-10(12)6-4-2-3-5-8-9(7-11)14-8/h7-9H,2-6H2,1H3. The average Bonchev–Trinajstić information content (AvgIpc) is 2.95. The normalized spacial score (nSPS) is 24.4. The minimum atomic E-state index is -0.157. The van der Waals surface area contributed by atoms with Gasteiger partial charge in [-0.2, -0.15) is 0 Å². The van der Waals surface area contributed by atoms with Gasteiger partial charge in [-0.05, 0) is 12.8 Å². The largest absolute Gasteiger partial charge is 0.469 e. The molecule has 4 nitrogen and oxygen atoms in total. The van der Waals surface area contributed by atoms with Crippen molar-refractivity contribution in [1.82, 2.24) is 0 Å². The Morgan fingerprint density at radius 3 is 2.79 bits per heavy atom. The zero-order valence-electron chi connectivity index (χ0n) is 8.40. The van der Waals surface area contributed by atoms with Crippen molar-refractivity contribution < 1.29 is 19.1 Å². The molecule has 0 bridgehead atoms. The summed E-state index contributed by atoms with van der Waals surface area (Å²) in [5.41, 5.74) is 0. The number of carbonyl (C=O) groups is 2. The van der Waals surface area contributed by atoms with E-state index in [0.717, 1.165) is 32.0 Å². The second-order valence-electron chi connectivity index (χ2n) is 3.45. The van der Waals surface area contributed by atoms with Crippen LogP contribution < -0.4 is 0 Å². The number of aldehydes is 1. The molecule has 0 aromatic carbocycles. The number of ether oxygens (including phenoxy) is 2. The zero-order valence-corrected chi connectivity index (χ0v) is 8.40. The molecule has 1 heterocycles. The molecule has 1 rings (SSSR count). The molecule has 0 radical (unpaired) electrons. The molecule has 0 N–H and O–H groups in total. The summed E-state index contributed by atoms with van der Waals surface area (Å²) in [5.74, 6) is -0.154. The third-order valence-corrected chi connectivity index (χ3v) is 2.35. The van der Waals surface area contributed by atoms with Gasteiger partial charge in [0.1, 0.15) is 6.10 Å². The number of esters is 1. The van der Waals surface area contributed by atoms with Crippen LogP contribution in [0.2, 0.25) is 0 Å². The van der Waals surface area contributed by atoms with Crippen LogP contribution in [-0.4, -0.2) is 31.6 Å². The van der Waals surface area contributed by atoms with Crippen LogP contribution in [0.5, 0.6) is 0 Å². The van der Waals surface area contributed by atoms with Gasteiger partial charge in [0.15, 0.2) is 6.29 Å². The minimum Gasteiger partial charge on any atom is -0.469 e. The van der Waals surface area contributed by atoms with Gasteiger partial charge in [0.25, 0.3) is 0 Å². The topological polar surface area (TPSA) is 55.9 Å². The first kappa shape index (κ1) is 11.2. The summed E-state index contributed by atoms with van der Waals surface area (Å²) in [7, 11) is 1.40. The fourth-order valence-electron chi connectivity index (χ4n) is 1.40. The second kappa shape index (κ2) is 5.75. The number of epoxide rings is 1. The Kier molecular flexibility index (Phi) is 4.59. The summed E-state index contributed by atoms with van der Waals surface area (Å²) in [4.78, 5) is 20.9. The van der Waals surface area contributed by atoms with Gasteiger partial charge in [-0.1, -0.05) is 12.8 Å². The van der Waals surface area contributed by atoms with E-state index in [-0.39, 0.29) is 18.2 Å². The molecule has 1 aliphatic heterocycles. The van der Waals surface area contributed by atoms with Gasteiger partial charge >= 0.3 is 5.97 Å². The molecule has 0 amide bonds. The van der Waals surface area contributed by atoms with E-state index in [1.807, 2.05) is 0 Å². The SMILES string of the molecule is COC(=O)CCCCCC1OC1C=O. The summed E-state index contributed by atoms with van der Waals surface area (Å²) in [6.45, 7) is 0. The molecule has 1 saturated heterocycles. The number of carbonyl (C=O) groups excluding carboxylic acids is 2. The number of hydrogen-bond donors (Lipinski definition) is 0. The molecule has 0 saturated carbocycles. The van der Waals surface area contributed by atoms with E-state index in [1.54, 1.807) is 0 Å². The van der Waals surface area contributed by atoms with Gasteiger partial charge in [-0.25, -0.2) is 0 Å². The highest BCUT2D eigenvalue weighted by molar-refractivity contribution is 5.68. The van der Waals surface area contributed by atoms with Crippen LogP contribution in [0, 0.1) is 0 Å². The molecule has 14 heavy (non-hydrogen) atoms. The molecule has 1 aliphatic rings. The zero-order chi connectivity index (χ0) is 10.4. The van der Waals surface area contributed by atoms with Crippen molar-refractivity contribution in [3.63, 3.8) is 0 Å².